The second kappa shape index (κ2) is 13.8. The molecule has 0 heterocycles. The Kier molecular flexibility index (Phi) is 9.75. The molecule has 0 aliphatic rings. The maximum Gasteiger partial charge on any atom is 0.343 e. The number of rotatable bonds is 10. The summed E-state index contributed by atoms with van der Waals surface area (Å²) < 4.78 is 21.5. The molecule has 0 fully saturated rings. The predicted molar refractivity (Wildman–Crippen MR) is 158 cm³/mol. The molecule has 4 aromatic rings. The number of methoxy groups -OCH3 is 3. The summed E-state index contributed by atoms with van der Waals surface area (Å²) in [4.78, 5) is 38.3. The van der Waals surface area contributed by atoms with E-state index in [1.165, 1.54) is 45.7 Å². The standard InChI is InChI=1S/C31H26ClN3O7/c1-39-26-16-21(17-27(40-2)28(26)41-3)31(38)42-25-14-7-4-9-20(25)18-33-35-29(36)19-10-8-11-22(15-19)34-30(37)23-12-5-6-13-24(23)32/h4-18H,1-3H3,(H,34,37)(H,35,36). The number of carbonyl (C=O) groups is 3. The van der Waals surface area contributed by atoms with Crippen LogP contribution in [0.25, 0.3) is 0 Å². The Hall–Kier alpha value is -5.35. The molecule has 0 aliphatic heterocycles. The second-order valence-electron chi connectivity index (χ2n) is 8.56. The highest BCUT2D eigenvalue weighted by molar-refractivity contribution is 6.34. The van der Waals surface area contributed by atoms with E-state index in [0.29, 0.717) is 39.1 Å². The number of benzene rings is 4. The Morgan fingerprint density at radius 2 is 1.43 bits per heavy atom. The maximum absolute atomic E-state index is 13.0. The number of hydrogen-bond donors (Lipinski definition) is 2. The van der Waals surface area contributed by atoms with E-state index in [0.717, 1.165) is 0 Å². The van der Waals surface area contributed by atoms with Crippen molar-refractivity contribution in [2.45, 2.75) is 0 Å². The Morgan fingerprint density at radius 1 is 0.738 bits per heavy atom. The highest BCUT2D eigenvalue weighted by Gasteiger charge is 2.19. The quantitative estimate of drug-likeness (QED) is 0.107. The minimum absolute atomic E-state index is 0.172. The molecule has 0 aromatic heterocycles. The van der Waals surface area contributed by atoms with Crippen molar-refractivity contribution in [1.29, 1.82) is 0 Å². The number of esters is 1. The molecule has 0 radical (unpaired) electrons. The predicted octanol–water partition coefficient (Wildman–Crippen LogP) is 5.60. The SMILES string of the molecule is COc1cc(C(=O)Oc2ccccc2C=NNC(=O)c2cccc(NC(=O)c3ccccc3Cl)c2)cc(OC)c1OC. The van der Waals surface area contributed by atoms with Crippen LogP contribution in [0.4, 0.5) is 5.69 Å². The molecular formula is C31H26ClN3O7. The number of anilines is 1. The van der Waals surface area contributed by atoms with Gasteiger partial charge in [0.05, 0.1) is 43.7 Å². The molecule has 0 unspecified atom stereocenters. The normalized spacial score (nSPS) is 10.6. The number of amides is 2. The van der Waals surface area contributed by atoms with Crippen molar-refractivity contribution in [2.75, 3.05) is 26.6 Å². The summed E-state index contributed by atoms with van der Waals surface area (Å²) in [5, 5.41) is 7.04. The molecular weight excluding hydrogens is 562 g/mol. The lowest BCUT2D eigenvalue weighted by Crippen LogP contribution is -2.18. The third-order valence-corrected chi connectivity index (χ3v) is 6.22. The fraction of sp³-hybridized carbons (Fsp3) is 0.0968. The highest BCUT2D eigenvalue weighted by atomic mass is 35.5. The van der Waals surface area contributed by atoms with E-state index in [2.05, 4.69) is 15.8 Å². The maximum atomic E-state index is 13.0. The first-order chi connectivity index (χ1) is 20.3. The number of ether oxygens (including phenoxy) is 4. The molecule has 2 amide bonds. The Labute approximate surface area is 246 Å². The third-order valence-electron chi connectivity index (χ3n) is 5.89. The molecule has 42 heavy (non-hydrogen) atoms. The second-order valence-corrected chi connectivity index (χ2v) is 8.96. The summed E-state index contributed by atoms with van der Waals surface area (Å²) in [6, 6.07) is 22.6. The minimum Gasteiger partial charge on any atom is -0.493 e. The molecule has 214 valence electrons. The Morgan fingerprint density at radius 3 is 2.12 bits per heavy atom. The van der Waals surface area contributed by atoms with E-state index >= 15 is 0 Å². The topological polar surface area (TPSA) is 125 Å². The van der Waals surface area contributed by atoms with Crippen molar-refractivity contribution < 1.29 is 33.3 Å². The van der Waals surface area contributed by atoms with Crippen LogP contribution in [0.3, 0.4) is 0 Å². The van der Waals surface area contributed by atoms with Crippen molar-refractivity contribution in [3.05, 3.63) is 112 Å². The minimum atomic E-state index is -0.671. The summed E-state index contributed by atoms with van der Waals surface area (Å²) >= 11 is 6.10. The van der Waals surface area contributed by atoms with Crippen LogP contribution in [0, 0.1) is 0 Å². The third kappa shape index (κ3) is 7.04. The molecule has 0 saturated heterocycles. The van der Waals surface area contributed by atoms with Crippen LogP contribution in [0.1, 0.15) is 36.6 Å². The molecule has 10 nitrogen and oxygen atoms in total. The van der Waals surface area contributed by atoms with Gasteiger partial charge in [-0.2, -0.15) is 5.10 Å². The first-order valence-corrected chi connectivity index (χ1v) is 12.8. The van der Waals surface area contributed by atoms with E-state index in [4.69, 9.17) is 30.5 Å². The molecule has 11 heteroatoms. The van der Waals surface area contributed by atoms with Crippen LogP contribution in [-0.2, 0) is 0 Å². The highest BCUT2D eigenvalue weighted by Crippen LogP contribution is 2.38. The fourth-order valence-corrected chi connectivity index (χ4v) is 4.07. The van der Waals surface area contributed by atoms with Gasteiger partial charge in [0, 0.05) is 16.8 Å². The van der Waals surface area contributed by atoms with Crippen LogP contribution in [0.2, 0.25) is 5.02 Å². The van der Waals surface area contributed by atoms with Crippen LogP contribution in [-0.4, -0.2) is 45.3 Å². The fourth-order valence-electron chi connectivity index (χ4n) is 3.84. The van der Waals surface area contributed by atoms with Crippen molar-refractivity contribution in [3.63, 3.8) is 0 Å². The number of para-hydroxylation sites is 1. The lowest BCUT2D eigenvalue weighted by Gasteiger charge is -2.14. The van der Waals surface area contributed by atoms with Gasteiger partial charge < -0.3 is 24.3 Å². The van der Waals surface area contributed by atoms with Gasteiger partial charge >= 0.3 is 5.97 Å². The largest absolute Gasteiger partial charge is 0.493 e. The lowest BCUT2D eigenvalue weighted by atomic mass is 10.1. The number of carbonyl (C=O) groups excluding carboxylic acids is 3. The van der Waals surface area contributed by atoms with E-state index in [9.17, 15) is 14.4 Å². The number of nitrogens with one attached hydrogen (secondary N) is 2. The zero-order chi connectivity index (χ0) is 30.1. The number of nitrogens with zero attached hydrogens (tertiary/aromatic N) is 1. The van der Waals surface area contributed by atoms with Gasteiger partial charge in [0.15, 0.2) is 11.5 Å². The number of hydrogen-bond acceptors (Lipinski definition) is 8. The average molecular weight is 588 g/mol. The summed E-state index contributed by atoms with van der Waals surface area (Å²) in [6.45, 7) is 0. The van der Waals surface area contributed by atoms with E-state index in [1.807, 2.05) is 0 Å². The van der Waals surface area contributed by atoms with Crippen molar-refractivity contribution in [2.24, 2.45) is 5.10 Å². The number of halogens is 1. The molecule has 0 aliphatic carbocycles. The summed E-state index contributed by atoms with van der Waals surface area (Å²) in [5.74, 6) is -0.453. The van der Waals surface area contributed by atoms with Gasteiger partial charge in [-0.3, -0.25) is 9.59 Å². The monoisotopic (exact) mass is 587 g/mol. The molecule has 0 bridgehead atoms. The van der Waals surface area contributed by atoms with E-state index < -0.39 is 17.8 Å². The van der Waals surface area contributed by atoms with Crippen molar-refractivity contribution in [1.82, 2.24) is 5.43 Å². The molecule has 0 spiro atoms. The van der Waals surface area contributed by atoms with Gasteiger partial charge in [-0.15, -0.1) is 0 Å². The van der Waals surface area contributed by atoms with Gasteiger partial charge in [-0.1, -0.05) is 41.9 Å². The van der Waals surface area contributed by atoms with E-state index in [1.54, 1.807) is 66.7 Å². The van der Waals surface area contributed by atoms with Crippen LogP contribution >= 0.6 is 11.6 Å². The van der Waals surface area contributed by atoms with Gasteiger partial charge in [-0.05, 0) is 54.6 Å². The van der Waals surface area contributed by atoms with Crippen LogP contribution in [0.15, 0.2) is 90.0 Å². The smallest absolute Gasteiger partial charge is 0.343 e. The zero-order valence-electron chi connectivity index (χ0n) is 22.8. The first-order valence-electron chi connectivity index (χ1n) is 12.4. The summed E-state index contributed by atoms with van der Waals surface area (Å²) in [5.41, 5.74) is 4.00. The average Bonchev–Trinajstić information content (AvgIpc) is 3.01. The van der Waals surface area contributed by atoms with Crippen molar-refractivity contribution in [3.8, 4) is 23.0 Å². The first kappa shape index (κ1) is 29.6. The van der Waals surface area contributed by atoms with Crippen LogP contribution < -0.4 is 29.7 Å². The zero-order valence-corrected chi connectivity index (χ0v) is 23.6. The molecule has 2 N–H and O–H groups in total. The summed E-state index contributed by atoms with van der Waals surface area (Å²) in [6.07, 6.45) is 1.35. The Balaban J connectivity index is 1.44. The van der Waals surface area contributed by atoms with Gasteiger partial charge in [0.2, 0.25) is 5.75 Å². The Bertz CT molecular complexity index is 1630. The molecule has 0 atom stereocenters. The van der Waals surface area contributed by atoms with Gasteiger partial charge in [0.1, 0.15) is 5.75 Å². The van der Waals surface area contributed by atoms with Crippen molar-refractivity contribution >= 4 is 41.3 Å². The van der Waals surface area contributed by atoms with Gasteiger partial charge in [-0.25, -0.2) is 10.2 Å². The molecule has 4 rings (SSSR count). The molecule has 4 aromatic carbocycles. The lowest BCUT2D eigenvalue weighted by molar-refractivity contribution is 0.0733. The van der Waals surface area contributed by atoms with E-state index in [-0.39, 0.29) is 16.9 Å². The molecule has 0 saturated carbocycles. The van der Waals surface area contributed by atoms with Gasteiger partial charge in [0.25, 0.3) is 11.8 Å². The number of hydrazone groups is 1. The van der Waals surface area contributed by atoms with Crippen LogP contribution in [0.5, 0.6) is 23.0 Å². The summed E-state index contributed by atoms with van der Waals surface area (Å²) in [7, 11) is 4.35.